The van der Waals surface area contributed by atoms with Gasteiger partial charge in [0, 0.05) is 12.4 Å². The largest absolute Gasteiger partial charge is 0.416 e. The highest BCUT2D eigenvalue weighted by Crippen LogP contribution is 2.33. The summed E-state index contributed by atoms with van der Waals surface area (Å²) in [6.45, 7) is -0.430. The summed E-state index contributed by atoms with van der Waals surface area (Å²) >= 11 is 5.77. The molecule has 0 radical (unpaired) electrons. The number of nitrogens with one attached hydrogen (secondary N) is 2. The molecule has 0 atom stereocenters. The summed E-state index contributed by atoms with van der Waals surface area (Å²) in [5.74, 6) is -1.25. The molecule has 1 aromatic carbocycles. The Bertz CT molecular complexity index is 751. The number of aromatic nitrogens is 1. The number of carbonyl (C=O) groups excluding carboxylic acids is 2. The van der Waals surface area contributed by atoms with Crippen LogP contribution in [0, 0.1) is 0 Å². The maximum Gasteiger partial charge on any atom is 0.416 e. The molecule has 0 aliphatic rings. The quantitative estimate of drug-likeness (QED) is 0.883. The first-order chi connectivity index (χ1) is 11.3. The fourth-order valence-corrected chi connectivity index (χ4v) is 1.92. The number of alkyl halides is 3. The minimum absolute atomic E-state index is 0.0464. The van der Waals surface area contributed by atoms with Gasteiger partial charge in [-0.3, -0.25) is 14.6 Å². The Hall–Kier alpha value is -2.61. The summed E-state index contributed by atoms with van der Waals surface area (Å²) in [7, 11) is 0. The van der Waals surface area contributed by atoms with Gasteiger partial charge >= 0.3 is 6.18 Å². The van der Waals surface area contributed by atoms with Gasteiger partial charge in [0.15, 0.2) is 0 Å². The summed E-state index contributed by atoms with van der Waals surface area (Å²) in [6.07, 6.45) is -1.76. The molecule has 0 fully saturated rings. The van der Waals surface area contributed by atoms with Crippen LogP contribution in [0.2, 0.25) is 5.02 Å². The number of amides is 2. The van der Waals surface area contributed by atoms with E-state index in [0.29, 0.717) is 0 Å². The Balaban J connectivity index is 1.99. The normalized spacial score (nSPS) is 11.0. The van der Waals surface area contributed by atoms with Gasteiger partial charge in [-0.05, 0) is 30.3 Å². The predicted molar refractivity (Wildman–Crippen MR) is 81.7 cm³/mol. The van der Waals surface area contributed by atoms with Gasteiger partial charge in [0.1, 0.15) is 0 Å². The fraction of sp³-hybridized carbons (Fsp3) is 0.133. The first kappa shape index (κ1) is 17.7. The van der Waals surface area contributed by atoms with Crippen LogP contribution in [0.3, 0.4) is 0 Å². The standard InChI is InChI=1S/C15H11ClF3N3O2/c16-11-4-3-10(15(17,18)19)6-12(11)22-13(23)8-21-14(24)9-2-1-5-20-7-9/h1-7H,8H2,(H,21,24)(H,22,23). The van der Waals surface area contributed by atoms with Crippen LogP contribution in [-0.2, 0) is 11.0 Å². The van der Waals surface area contributed by atoms with Crippen molar-refractivity contribution in [2.75, 3.05) is 11.9 Å². The zero-order chi connectivity index (χ0) is 17.7. The highest BCUT2D eigenvalue weighted by atomic mass is 35.5. The van der Waals surface area contributed by atoms with Crippen molar-refractivity contribution in [3.63, 3.8) is 0 Å². The Kier molecular flexibility index (Phi) is 5.40. The fourth-order valence-electron chi connectivity index (χ4n) is 1.75. The summed E-state index contributed by atoms with van der Waals surface area (Å²) in [4.78, 5) is 27.3. The molecule has 2 amide bonds. The van der Waals surface area contributed by atoms with Crippen LogP contribution in [-0.4, -0.2) is 23.3 Å². The van der Waals surface area contributed by atoms with E-state index in [-0.39, 0.29) is 16.3 Å². The van der Waals surface area contributed by atoms with Crippen LogP contribution in [0.4, 0.5) is 18.9 Å². The van der Waals surface area contributed by atoms with Crippen LogP contribution in [0.25, 0.3) is 0 Å². The molecule has 1 aromatic heterocycles. The Morgan fingerprint density at radius 1 is 1.21 bits per heavy atom. The van der Waals surface area contributed by atoms with Gasteiger partial charge in [0.05, 0.1) is 28.4 Å². The smallest absolute Gasteiger partial charge is 0.343 e. The minimum atomic E-state index is -4.56. The zero-order valence-electron chi connectivity index (χ0n) is 12.0. The molecule has 0 spiro atoms. The SMILES string of the molecule is O=C(CNC(=O)c1cccnc1)Nc1cc(C(F)(F)F)ccc1Cl. The number of carbonyl (C=O) groups is 2. The number of benzene rings is 1. The number of rotatable bonds is 4. The molecule has 0 bridgehead atoms. The van der Waals surface area contributed by atoms with E-state index in [9.17, 15) is 22.8 Å². The van der Waals surface area contributed by atoms with Gasteiger partial charge in [-0.15, -0.1) is 0 Å². The minimum Gasteiger partial charge on any atom is -0.343 e. The van der Waals surface area contributed by atoms with Crippen molar-refractivity contribution < 1.29 is 22.8 Å². The Morgan fingerprint density at radius 3 is 2.58 bits per heavy atom. The molecular weight excluding hydrogens is 347 g/mol. The molecular formula is C15H11ClF3N3O2. The topological polar surface area (TPSA) is 71.1 Å². The van der Waals surface area contributed by atoms with Gasteiger partial charge in [0.25, 0.3) is 5.91 Å². The van der Waals surface area contributed by atoms with Gasteiger partial charge < -0.3 is 10.6 Å². The molecule has 2 rings (SSSR count). The summed E-state index contributed by atoms with van der Waals surface area (Å²) in [5, 5.41) is 4.51. The first-order valence-corrected chi connectivity index (χ1v) is 7.00. The zero-order valence-corrected chi connectivity index (χ0v) is 12.8. The third-order valence-corrected chi connectivity index (χ3v) is 3.23. The molecule has 2 N–H and O–H groups in total. The van der Waals surface area contributed by atoms with Gasteiger partial charge in [-0.1, -0.05) is 11.6 Å². The molecule has 0 aliphatic carbocycles. The Morgan fingerprint density at radius 2 is 1.96 bits per heavy atom. The number of pyridine rings is 1. The highest BCUT2D eigenvalue weighted by molar-refractivity contribution is 6.33. The van der Waals surface area contributed by atoms with Crippen LogP contribution >= 0.6 is 11.6 Å². The third-order valence-electron chi connectivity index (χ3n) is 2.90. The molecule has 24 heavy (non-hydrogen) atoms. The van der Waals surface area contributed by atoms with E-state index < -0.39 is 30.1 Å². The van der Waals surface area contributed by atoms with Crippen LogP contribution in [0.5, 0.6) is 0 Å². The van der Waals surface area contributed by atoms with E-state index in [1.165, 1.54) is 18.5 Å². The van der Waals surface area contributed by atoms with Gasteiger partial charge in [0.2, 0.25) is 5.91 Å². The molecule has 9 heteroatoms. The van der Waals surface area contributed by atoms with Crippen molar-refractivity contribution in [1.29, 1.82) is 0 Å². The number of anilines is 1. The van der Waals surface area contributed by atoms with Crippen molar-refractivity contribution in [3.05, 3.63) is 58.9 Å². The second kappa shape index (κ2) is 7.31. The van der Waals surface area contributed by atoms with E-state index in [2.05, 4.69) is 15.6 Å². The molecule has 0 saturated heterocycles. The number of halogens is 4. The number of hydrogen-bond acceptors (Lipinski definition) is 3. The number of nitrogens with zero attached hydrogens (tertiary/aromatic N) is 1. The molecule has 1 heterocycles. The molecule has 0 unspecified atom stereocenters. The highest BCUT2D eigenvalue weighted by Gasteiger charge is 2.31. The van der Waals surface area contributed by atoms with Crippen LogP contribution in [0.1, 0.15) is 15.9 Å². The molecule has 0 aliphatic heterocycles. The Labute approximate surface area is 139 Å². The third kappa shape index (κ3) is 4.69. The van der Waals surface area contributed by atoms with Gasteiger partial charge in [-0.25, -0.2) is 0 Å². The average Bonchev–Trinajstić information content (AvgIpc) is 2.54. The molecule has 2 aromatic rings. The maximum absolute atomic E-state index is 12.7. The lowest BCUT2D eigenvalue weighted by Gasteiger charge is -2.12. The summed E-state index contributed by atoms with van der Waals surface area (Å²) in [5.41, 5.74) is -0.879. The van der Waals surface area contributed by atoms with E-state index in [1.807, 2.05) is 0 Å². The maximum atomic E-state index is 12.7. The number of hydrogen-bond donors (Lipinski definition) is 2. The first-order valence-electron chi connectivity index (χ1n) is 6.62. The second-order valence-corrected chi connectivity index (χ2v) is 5.07. The van der Waals surface area contributed by atoms with Crippen LogP contribution < -0.4 is 10.6 Å². The lowest BCUT2D eigenvalue weighted by atomic mass is 10.2. The van der Waals surface area contributed by atoms with E-state index in [0.717, 1.165) is 18.2 Å². The monoisotopic (exact) mass is 357 g/mol. The van der Waals surface area contributed by atoms with E-state index >= 15 is 0 Å². The summed E-state index contributed by atoms with van der Waals surface area (Å²) in [6, 6.07) is 5.63. The van der Waals surface area contributed by atoms with Crippen molar-refractivity contribution in [2.24, 2.45) is 0 Å². The van der Waals surface area contributed by atoms with Crippen molar-refractivity contribution in [1.82, 2.24) is 10.3 Å². The lowest BCUT2D eigenvalue weighted by Crippen LogP contribution is -2.33. The molecule has 126 valence electrons. The average molecular weight is 358 g/mol. The molecule has 5 nitrogen and oxygen atoms in total. The predicted octanol–water partition coefficient (Wildman–Crippen LogP) is 3.12. The van der Waals surface area contributed by atoms with Crippen LogP contribution in [0.15, 0.2) is 42.7 Å². The van der Waals surface area contributed by atoms with Crippen molar-refractivity contribution >= 4 is 29.1 Å². The van der Waals surface area contributed by atoms with E-state index in [1.54, 1.807) is 6.07 Å². The second-order valence-electron chi connectivity index (χ2n) is 4.66. The van der Waals surface area contributed by atoms with Crippen molar-refractivity contribution in [2.45, 2.75) is 6.18 Å². The molecule has 0 saturated carbocycles. The lowest BCUT2D eigenvalue weighted by molar-refractivity contribution is -0.137. The summed E-state index contributed by atoms with van der Waals surface area (Å²) < 4.78 is 38.0. The van der Waals surface area contributed by atoms with Gasteiger partial charge in [-0.2, -0.15) is 13.2 Å². The van der Waals surface area contributed by atoms with Crippen molar-refractivity contribution in [3.8, 4) is 0 Å². The van der Waals surface area contributed by atoms with E-state index in [4.69, 9.17) is 11.6 Å².